The number of rotatable bonds is 15. The molecule has 13 nitrogen and oxygen atoms in total. The molecule has 0 radical (unpaired) electrons. The molecule has 0 spiro atoms. The Balaban J connectivity index is 0.000000209. The van der Waals surface area contributed by atoms with Gasteiger partial charge in [0.05, 0.1) is 29.1 Å². The predicted molar refractivity (Wildman–Crippen MR) is 245 cm³/mol. The molecule has 0 aliphatic carbocycles. The largest absolute Gasteiger partial charge is 0.573 e. The summed E-state index contributed by atoms with van der Waals surface area (Å²) in [5.41, 5.74) is 5.06. The SMILES string of the molecule is CC(=O)OCc1c(C(=O)C(=O)O)c2cc(-c3ccc(OC(F)(F)F)cc3)ccc2n1Cc1ccccc1.O=C(O)C(=O)c1c(CO)n(Cc2ccccc2)c2ccc(-c3ccc(OC(F)(F)F)cc3)cc12. The number of aromatic nitrogens is 2. The third-order valence-electron chi connectivity index (χ3n) is 11.0. The minimum Gasteiger partial charge on any atom is -0.475 e. The van der Waals surface area contributed by atoms with Crippen LogP contribution in [0.2, 0.25) is 0 Å². The van der Waals surface area contributed by atoms with Crippen LogP contribution in [0.3, 0.4) is 0 Å². The lowest BCUT2D eigenvalue weighted by atomic mass is 10.0. The fourth-order valence-corrected chi connectivity index (χ4v) is 7.97. The Hall–Kier alpha value is -8.71. The molecule has 8 aromatic rings. The maximum atomic E-state index is 12.8. The molecule has 2 heterocycles. The summed E-state index contributed by atoms with van der Waals surface area (Å²) in [6, 6.07) is 38.8. The number of hydrogen-bond acceptors (Lipinski definition) is 9. The van der Waals surface area contributed by atoms with E-state index in [0.29, 0.717) is 50.6 Å². The maximum absolute atomic E-state index is 12.8. The number of halogens is 6. The van der Waals surface area contributed by atoms with Crippen LogP contribution in [0.1, 0.15) is 50.2 Å². The number of aliphatic hydroxyl groups is 1. The predicted octanol–water partition coefficient (Wildman–Crippen LogP) is 10.6. The third-order valence-corrected chi connectivity index (χ3v) is 11.0. The molecule has 2 aromatic heterocycles. The highest BCUT2D eigenvalue weighted by atomic mass is 19.4. The Morgan fingerprint density at radius 2 is 0.873 bits per heavy atom. The summed E-state index contributed by atoms with van der Waals surface area (Å²) in [5.74, 6) is -7.05. The first-order valence-corrected chi connectivity index (χ1v) is 21.1. The first-order valence-electron chi connectivity index (χ1n) is 21.1. The second-order valence-electron chi connectivity index (χ2n) is 15.6. The monoisotopic (exact) mass is 980 g/mol. The van der Waals surface area contributed by atoms with Gasteiger partial charge in [0.1, 0.15) is 18.1 Å². The van der Waals surface area contributed by atoms with E-state index >= 15 is 0 Å². The fourth-order valence-electron chi connectivity index (χ4n) is 7.97. The molecule has 0 unspecified atom stereocenters. The Bertz CT molecular complexity index is 3270. The summed E-state index contributed by atoms with van der Waals surface area (Å²) in [4.78, 5) is 60.3. The molecule has 0 saturated carbocycles. The average molecular weight is 981 g/mol. The molecule has 3 N–H and O–H groups in total. The second-order valence-corrected chi connectivity index (χ2v) is 15.6. The molecule has 6 aromatic carbocycles. The standard InChI is InChI=1S/C27H20F3NO6.C25H18F3NO5/c1-16(32)36-15-23-24(25(33)26(34)35)21-13-19(18-7-10-20(11-8-18)37-27(28,29)30)9-12-22(21)31(23)14-17-5-3-2-4-6-17;26-25(27,28)34-18-9-6-16(7-10-18)17-8-11-20-19(12-17)22(23(31)24(32)33)21(14-30)29(20)13-15-4-2-1-3-5-15/h2-13H,14-15H2,1H3,(H,34,35);1-12,30H,13-14H2,(H,32,33). The Morgan fingerprint density at radius 1 is 0.507 bits per heavy atom. The minimum atomic E-state index is -4.83. The van der Waals surface area contributed by atoms with Gasteiger partial charge in [0, 0.05) is 41.8 Å². The number of carbonyl (C=O) groups is 5. The van der Waals surface area contributed by atoms with Crippen LogP contribution in [-0.4, -0.2) is 66.7 Å². The normalized spacial score (nSPS) is 11.4. The molecule has 0 aliphatic rings. The van der Waals surface area contributed by atoms with Crippen molar-refractivity contribution in [1.29, 1.82) is 0 Å². The topological polar surface area (TPSA) is 184 Å². The number of benzene rings is 6. The first-order chi connectivity index (χ1) is 33.7. The Labute approximate surface area is 398 Å². The van der Waals surface area contributed by atoms with Gasteiger partial charge in [-0.15, -0.1) is 26.3 Å². The zero-order valence-corrected chi connectivity index (χ0v) is 37.0. The minimum absolute atomic E-state index is 0.125. The van der Waals surface area contributed by atoms with Gasteiger partial charge in [0.2, 0.25) is 0 Å². The number of Topliss-reactive ketones (excluding diaryl/α,β-unsaturated/α-hetero) is 2. The Kier molecular flexibility index (Phi) is 14.8. The van der Waals surface area contributed by atoms with Crippen molar-refractivity contribution >= 4 is 51.3 Å². The zero-order chi connectivity index (χ0) is 51.2. The number of carboxylic acids is 2. The number of ether oxygens (including phenoxy) is 3. The summed E-state index contributed by atoms with van der Waals surface area (Å²) < 4.78 is 91.1. The van der Waals surface area contributed by atoms with Crippen molar-refractivity contribution in [2.45, 2.75) is 46.0 Å². The highest BCUT2D eigenvalue weighted by Crippen LogP contribution is 2.36. The molecule has 19 heteroatoms. The summed E-state index contributed by atoms with van der Waals surface area (Å²) in [6.45, 7) is 0.873. The van der Waals surface area contributed by atoms with E-state index in [0.717, 1.165) is 35.4 Å². The molecule has 0 amide bonds. The van der Waals surface area contributed by atoms with E-state index in [2.05, 4.69) is 9.47 Å². The van der Waals surface area contributed by atoms with Crippen molar-refractivity contribution in [3.8, 4) is 33.8 Å². The van der Waals surface area contributed by atoms with E-state index in [1.165, 1.54) is 31.2 Å². The third kappa shape index (κ3) is 11.9. The average Bonchev–Trinajstić information content (AvgIpc) is 3.80. The molecule has 8 rings (SSSR count). The van der Waals surface area contributed by atoms with Crippen molar-refractivity contribution < 1.29 is 79.8 Å². The molecular weight excluding hydrogens is 943 g/mol. The van der Waals surface area contributed by atoms with Crippen LogP contribution in [0.25, 0.3) is 44.1 Å². The molecule has 0 saturated heterocycles. The van der Waals surface area contributed by atoms with Gasteiger partial charge in [0.15, 0.2) is 0 Å². The summed E-state index contributed by atoms with van der Waals surface area (Å²) >= 11 is 0. The Morgan fingerprint density at radius 3 is 1.23 bits per heavy atom. The molecule has 0 atom stereocenters. The van der Waals surface area contributed by atoms with Crippen LogP contribution in [0.4, 0.5) is 26.3 Å². The molecule has 0 bridgehead atoms. The van der Waals surface area contributed by atoms with Crippen molar-refractivity contribution in [2.24, 2.45) is 0 Å². The maximum Gasteiger partial charge on any atom is 0.573 e. The number of nitrogens with zero attached hydrogens (tertiary/aromatic N) is 2. The molecule has 364 valence electrons. The van der Waals surface area contributed by atoms with Gasteiger partial charge in [-0.3, -0.25) is 14.4 Å². The number of hydrogen-bond donors (Lipinski definition) is 3. The van der Waals surface area contributed by atoms with Crippen LogP contribution in [0.15, 0.2) is 146 Å². The van der Waals surface area contributed by atoms with Crippen LogP contribution in [0.5, 0.6) is 11.5 Å². The van der Waals surface area contributed by atoms with Gasteiger partial charge in [-0.25, -0.2) is 9.59 Å². The number of alkyl halides is 6. The summed E-state index contributed by atoms with van der Waals surface area (Å²) in [7, 11) is 0. The molecular formula is C52H38F6N2O11. The number of esters is 1. The van der Waals surface area contributed by atoms with Crippen molar-refractivity contribution in [3.63, 3.8) is 0 Å². The van der Waals surface area contributed by atoms with Gasteiger partial charge in [-0.2, -0.15) is 0 Å². The van der Waals surface area contributed by atoms with E-state index < -0.39 is 54.6 Å². The number of fused-ring (bicyclic) bond motifs is 2. The number of carboxylic acid groups (broad SMARTS) is 2. The van der Waals surface area contributed by atoms with E-state index in [4.69, 9.17) is 4.74 Å². The number of aliphatic hydroxyl groups excluding tert-OH is 1. The fraction of sp³-hybridized carbons (Fsp3) is 0.135. The van der Waals surface area contributed by atoms with Crippen LogP contribution in [-0.2, 0) is 45.4 Å². The number of carbonyl (C=O) groups excluding carboxylic acids is 3. The molecule has 71 heavy (non-hydrogen) atoms. The summed E-state index contributed by atoms with van der Waals surface area (Å²) in [5, 5.41) is 29.6. The van der Waals surface area contributed by atoms with Crippen molar-refractivity contribution in [2.75, 3.05) is 0 Å². The quantitative estimate of drug-likeness (QED) is 0.0384. The lowest BCUT2D eigenvalue weighted by Crippen LogP contribution is -2.17. The second kappa shape index (κ2) is 20.9. The number of ketones is 2. The van der Waals surface area contributed by atoms with Crippen molar-refractivity contribution in [1.82, 2.24) is 9.13 Å². The van der Waals surface area contributed by atoms with Crippen LogP contribution in [0, 0.1) is 0 Å². The van der Waals surface area contributed by atoms with Crippen molar-refractivity contribution in [3.05, 3.63) is 179 Å². The van der Waals surface area contributed by atoms with E-state index in [-0.39, 0.29) is 41.4 Å². The van der Waals surface area contributed by atoms with Gasteiger partial charge in [0.25, 0.3) is 11.6 Å². The lowest BCUT2D eigenvalue weighted by Gasteiger charge is -2.12. The summed E-state index contributed by atoms with van der Waals surface area (Å²) in [6.07, 6.45) is -9.64. The smallest absolute Gasteiger partial charge is 0.475 e. The van der Waals surface area contributed by atoms with E-state index in [1.807, 2.05) is 60.7 Å². The van der Waals surface area contributed by atoms with E-state index in [9.17, 15) is 65.6 Å². The first kappa shape index (κ1) is 50.2. The van der Waals surface area contributed by atoms with Gasteiger partial charge in [-0.05, 0) is 81.9 Å². The van der Waals surface area contributed by atoms with E-state index in [1.54, 1.807) is 45.5 Å². The van der Waals surface area contributed by atoms with Gasteiger partial charge in [-0.1, -0.05) is 97.1 Å². The highest BCUT2D eigenvalue weighted by Gasteiger charge is 2.33. The van der Waals surface area contributed by atoms with Gasteiger partial charge < -0.3 is 38.7 Å². The zero-order valence-electron chi connectivity index (χ0n) is 37.0. The van der Waals surface area contributed by atoms with Crippen LogP contribution >= 0.6 is 0 Å². The molecule has 0 fully saturated rings. The highest BCUT2D eigenvalue weighted by molar-refractivity contribution is 6.43. The number of aliphatic carboxylic acids is 2. The molecule has 0 aliphatic heterocycles. The van der Waals surface area contributed by atoms with Gasteiger partial charge >= 0.3 is 30.6 Å². The lowest BCUT2D eigenvalue weighted by molar-refractivity contribution is -0.275. The van der Waals surface area contributed by atoms with Crippen LogP contribution < -0.4 is 9.47 Å².